The van der Waals surface area contributed by atoms with Gasteiger partial charge in [0, 0.05) is 33.5 Å². The smallest absolute Gasteiger partial charge is 0.305 e. The molecular formula is C16H17NO3S2. The van der Waals surface area contributed by atoms with E-state index in [0.29, 0.717) is 17.9 Å². The summed E-state index contributed by atoms with van der Waals surface area (Å²) in [5.74, 6) is 0.667. The van der Waals surface area contributed by atoms with Gasteiger partial charge in [-0.1, -0.05) is 12.1 Å². The molecule has 1 aliphatic heterocycles. The van der Waals surface area contributed by atoms with Crippen molar-refractivity contribution in [3.8, 4) is 0 Å². The van der Waals surface area contributed by atoms with Crippen LogP contribution in [-0.4, -0.2) is 46.0 Å². The SMILES string of the molecule is Cc1ccc2c(C(=O)N3CCSCC3CC(=O)O)csc2c1. The second-order valence-electron chi connectivity index (χ2n) is 5.47. The number of thiophene rings is 1. The van der Waals surface area contributed by atoms with E-state index in [0.717, 1.165) is 15.8 Å². The van der Waals surface area contributed by atoms with Crippen LogP contribution in [0.3, 0.4) is 0 Å². The number of fused-ring (bicyclic) bond motifs is 1. The maximum absolute atomic E-state index is 12.9. The number of thioether (sulfide) groups is 1. The zero-order valence-corrected chi connectivity index (χ0v) is 13.9. The number of amides is 1. The molecule has 1 atom stereocenters. The average Bonchev–Trinajstić information content (AvgIpc) is 2.89. The molecule has 1 aromatic heterocycles. The number of aryl methyl sites for hydroxylation is 1. The Morgan fingerprint density at radius 1 is 1.41 bits per heavy atom. The molecule has 0 spiro atoms. The van der Waals surface area contributed by atoms with Crippen molar-refractivity contribution in [2.24, 2.45) is 0 Å². The number of benzene rings is 1. The Bertz CT molecular complexity index is 725. The molecule has 1 N–H and O–H groups in total. The maximum atomic E-state index is 12.9. The van der Waals surface area contributed by atoms with Gasteiger partial charge in [-0.15, -0.1) is 11.3 Å². The molecule has 1 unspecified atom stereocenters. The highest BCUT2D eigenvalue weighted by molar-refractivity contribution is 7.99. The van der Waals surface area contributed by atoms with Crippen molar-refractivity contribution in [2.45, 2.75) is 19.4 Å². The van der Waals surface area contributed by atoms with Crippen molar-refractivity contribution in [3.05, 3.63) is 34.7 Å². The maximum Gasteiger partial charge on any atom is 0.305 e. The number of carboxylic acid groups (broad SMARTS) is 1. The van der Waals surface area contributed by atoms with E-state index in [1.807, 2.05) is 24.4 Å². The van der Waals surface area contributed by atoms with Crippen molar-refractivity contribution in [3.63, 3.8) is 0 Å². The van der Waals surface area contributed by atoms with Gasteiger partial charge in [0.2, 0.25) is 0 Å². The number of nitrogens with zero attached hydrogens (tertiary/aromatic N) is 1. The first-order chi connectivity index (χ1) is 10.6. The Morgan fingerprint density at radius 2 is 2.23 bits per heavy atom. The Hall–Kier alpha value is -1.53. The lowest BCUT2D eigenvalue weighted by Gasteiger charge is -2.34. The van der Waals surface area contributed by atoms with Gasteiger partial charge in [-0.2, -0.15) is 11.8 Å². The number of hydrogen-bond donors (Lipinski definition) is 1. The van der Waals surface area contributed by atoms with Crippen LogP contribution in [0.1, 0.15) is 22.3 Å². The minimum Gasteiger partial charge on any atom is -0.481 e. The van der Waals surface area contributed by atoms with Crippen molar-refractivity contribution in [1.82, 2.24) is 4.90 Å². The molecule has 1 amide bonds. The molecular weight excluding hydrogens is 318 g/mol. The third-order valence-electron chi connectivity index (χ3n) is 3.86. The van der Waals surface area contributed by atoms with Gasteiger partial charge in [0.05, 0.1) is 18.0 Å². The van der Waals surface area contributed by atoms with E-state index >= 15 is 0 Å². The molecule has 2 aromatic rings. The predicted molar refractivity (Wildman–Crippen MR) is 91.0 cm³/mol. The summed E-state index contributed by atoms with van der Waals surface area (Å²) in [6.07, 6.45) is 0.0138. The summed E-state index contributed by atoms with van der Waals surface area (Å²) < 4.78 is 1.10. The van der Waals surface area contributed by atoms with Crippen LogP contribution in [0, 0.1) is 6.92 Å². The molecule has 3 rings (SSSR count). The number of hydrogen-bond acceptors (Lipinski definition) is 4. The lowest BCUT2D eigenvalue weighted by atomic mass is 10.1. The molecule has 22 heavy (non-hydrogen) atoms. The summed E-state index contributed by atoms with van der Waals surface area (Å²) >= 11 is 3.28. The standard InChI is InChI=1S/C16H17NO3S2/c1-10-2-3-12-13(9-22-14(12)6-10)16(20)17-4-5-21-8-11(17)7-15(18)19/h2-3,6,9,11H,4-5,7-8H2,1H3,(H,18,19). The largest absolute Gasteiger partial charge is 0.481 e. The second-order valence-corrected chi connectivity index (χ2v) is 7.54. The predicted octanol–water partition coefficient (Wildman–Crippen LogP) is 3.24. The van der Waals surface area contributed by atoms with E-state index in [1.165, 1.54) is 5.56 Å². The van der Waals surface area contributed by atoms with Crippen molar-refractivity contribution in [2.75, 3.05) is 18.1 Å². The third-order valence-corrected chi connectivity index (χ3v) is 5.90. The highest BCUT2D eigenvalue weighted by atomic mass is 32.2. The van der Waals surface area contributed by atoms with Gasteiger partial charge in [-0.25, -0.2) is 0 Å². The second kappa shape index (κ2) is 6.30. The van der Waals surface area contributed by atoms with Crippen LogP contribution in [-0.2, 0) is 4.79 Å². The van der Waals surface area contributed by atoms with Gasteiger partial charge in [0.1, 0.15) is 0 Å². The molecule has 0 radical (unpaired) electrons. The fraction of sp³-hybridized carbons (Fsp3) is 0.375. The van der Waals surface area contributed by atoms with Gasteiger partial charge in [0.25, 0.3) is 5.91 Å². The van der Waals surface area contributed by atoms with Crippen LogP contribution in [0.5, 0.6) is 0 Å². The number of carbonyl (C=O) groups excluding carboxylic acids is 1. The van der Waals surface area contributed by atoms with Gasteiger partial charge >= 0.3 is 5.97 Å². The van der Waals surface area contributed by atoms with Crippen LogP contribution < -0.4 is 0 Å². The van der Waals surface area contributed by atoms with E-state index < -0.39 is 5.97 Å². The third kappa shape index (κ3) is 2.98. The lowest BCUT2D eigenvalue weighted by molar-refractivity contribution is -0.138. The van der Waals surface area contributed by atoms with Gasteiger partial charge in [-0.3, -0.25) is 9.59 Å². The van der Waals surface area contributed by atoms with Gasteiger partial charge in [-0.05, 0) is 18.6 Å². The van der Waals surface area contributed by atoms with Crippen LogP contribution >= 0.6 is 23.1 Å². The number of carbonyl (C=O) groups is 2. The Balaban J connectivity index is 1.91. The van der Waals surface area contributed by atoms with Crippen molar-refractivity contribution < 1.29 is 14.7 Å². The molecule has 1 aliphatic rings. The highest BCUT2D eigenvalue weighted by Gasteiger charge is 2.30. The topological polar surface area (TPSA) is 57.6 Å². The fourth-order valence-electron chi connectivity index (χ4n) is 2.75. The van der Waals surface area contributed by atoms with E-state index in [1.54, 1.807) is 28.0 Å². The first kappa shape index (κ1) is 15.4. The van der Waals surface area contributed by atoms with E-state index in [2.05, 4.69) is 6.07 Å². The molecule has 0 saturated carbocycles. The summed E-state index contributed by atoms with van der Waals surface area (Å²) in [4.78, 5) is 25.7. The van der Waals surface area contributed by atoms with E-state index in [-0.39, 0.29) is 18.4 Å². The molecule has 2 heterocycles. The first-order valence-corrected chi connectivity index (χ1v) is 9.18. The van der Waals surface area contributed by atoms with E-state index in [9.17, 15) is 9.59 Å². The van der Waals surface area contributed by atoms with Crippen LogP contribution in [0.2, 0.25) is 0 Å². The van der Waals surface area contributed by atoms with Crippen LogP contribution in [0.25, 0.3) is 10.1 Å². The number of carboxylic acids is 1. The van der Waals surface area contributed by atoms with Crippen LogP contribution in [0.4, 0.5) is 0 Å². The Kier molecular flexibility index (Phi) is 4.40. The molecule has 0 aliphatic carbocycles. The summed E-state index contributed by atoms with van der Waals surface area (Å²) in [7, 11) is 0. The first-order valence-electron chi connectivity index (χ1n) is 7.14. The Morgan fingerprint density at radius 3 is 3.00 bits per heavy atom. The summed E-state index contributed by atoms with van der Waals surface area (Å²) in [5.41, 5.74) is 1.87. The summed E-state index contributed by atoms with van der Waals surface area (Å²) in [6, 6.07) is 5.85. The van der Waals surface area contributed by atoms with Crippen molar-refractivity contribution >= 4 is 45.1 Å². The number of aliphatic carboxylic acids is 1. The molecule has 0 bridgehead atoms. The molecule has 116 valence electrons. The normalized spacial score (nSPS) is 18.6. The lowest BCUT2D eigenvalue weighted by Crippen LogP contribution is -2.47. The van der Waals surface area contributed by atoms with Gasteiger partial charge in [0.15, 0.2) is 0 Å². The minimum absolute atomic E-state index is 0.0138. The zero-order chi connectivity index (χ0) is 15.7. The van der Waals surface area contributed by atoms with Gasteiger partial charge < -0.3 is 10.0 Å². The average molecular weight is 335 g/mol. The monoisotopic (exact) mass is 335 g/mol. The van der Waals surface area contributed by atoms with Crippen LogP contribution in [0.15, 0.2) is 23.6 Å². The zero-order valence-electron chi connectivity index (χ0n) is 12.2. The molecule has 1 fully saturated rings. The highest BCUT2D eigenvalue weighted by Crippen LogP contribution is 2.30. The molecule has 6 heteroatoms. The van der Waals surface area contributed by atoms with Crippen molar-refractivity contribution in [1.29, 1.82) is 0 Å². The summed E-state index contributed by atoms with van der Waals surface area (Å²) in [5, 5.41) is 11.9. The fourth-order valence-corrected chi connectivity index (χ4v) is 4.84. The van der Waals surface area contributed by atoms with E-state index in [4.69, 9.17) is 5.11 Å². The quantitative estimate of drug-likeness (QED) is 0.935. The Labute approximate surface area is 137 Å². The number of rotatable bonds is 3. The molecule has 1 aromatic carbocycles. The minimum atomic E-state index is -0.851. The summed E-state index contributed by atoms with van der Waals surface area (Å²) in [6.45, 7) is 2.65. The molecule has 1 saturated heterocycles. The molecule has 4 nitrogen and oxygen atoms in total.